The molecule has 30 heavy (non-hydrogen) atoms. The van der Waals surface area contributed by atoms with Crippen LogP contribution < -0.4 is 0 Å². The van der Waals surface area contributed by atoms with Crippen LogP contribution in [0.2, 0.25) is 0 Å². The molecule has 2 fully saturated rings. The predicted octanol–water partition coefficient (Wildman–Crippen LogP) is 8.15. The molecule has 2 saturated carbocycles. The minimum atomic E-state index is -0.551. The van der Waals surface area contributed by atoms with Gasteiger partial charge >= 0.3 is 0 Å². The Kier molecular flexibility index (Phi) is 8.91. The lowest BCUT2D eigenvalue weighted by molar-refractivity contribution is 0.242. The Hall–Kier alpha value is -1.69. The van der Waals surface area contributed by atoms with Crippen molar-refractivity contribution in [3.63, 3.8) is 0 Å². The summed E-state index contributed by atoms with van der Waals surface area (Å²) in [6.07, 6.45) is 15.5. The summed E-state index contributed by atoms with van der Waals surface area (Å²) in [6, 6.07) is 2.88. The van der Waals surface area contributed by atoms with Crippen molar-refractivity contribution in [3.05, 3.63) is 47.3 Å². The van der Waals surface area contributed by atoms with Crippen LogP contribution in [0.4, 0.5) is 13.2 Å². The first-order chi connectivity index (χ1) is 14.6. The van der Waals surface area contributed by atoms with Crippen molar-refractivity contribution in [2.24, 2.45) is 23.7 Å². The van der Waals surface area contributed by atoms with Crippen molar-refractivity contribution in [2.45, 2.75) is 84.0 Å². The Bertz CT molecular complexity index is 754. The van der Waals surface area contributed by atoms with Crippen molar-refractivity contribution in [2.75, 3.05) is 0 Å². The van der Waals surface area contributed by atoms with Crippen molar-refractivity contribution in [1.82, 2.24) is 0 Å². The van der Waals surface area contributed by atoms with E-state index in [1.54, 1.807) is 6.08 Å². The number of hydrogen-bond donors (Lipinski definition) is 0. The molecule has 0 heterocycles. The van der Waals surface area contributed by atoms with E-state index in [1.165, 1.54) is 50.7 Å². The van der Waals surface area contributed by atoms with Crippen molar-refractivity contribution >= 4 is 0 Å². The molecule has 1 aromatic carbocycles. The molecular weight excluding hydrogens is 381 g/mol. The molecule has 0 radical (unpaired) electrons. The van der Waals surface area contributed by atoms with Crippen LogP contribution in [0.3, 0.4) is 0 Å². The summed E-state index contributed by atoms with van der Waals surface area (Å²) in [5.41, 5.74) is 0.503. The minimum Gasteiger partial charge on any atom is -0.216 e. The Labute approximate surface area is 180 Å². The zero-order valence-electron chi connectivity index (χ0n) is 18.2. The molecule has 3 heteroatoms. The maximum atomic E-state index is 14.5. The van der Waals surface area contributed by atoms with Gasteiger partial charge in [0.15, 0.2) is 0 Å². The molecule has 0 saturated heterocycles. The highest BCUT2D eigenvalue weighted by molar-refractivity contribution is 5.40. The Morgan fingerprint density at radius 1 is 0.933 bits per heavy atom. The third-order valence-corrected chi connectivity index (χ3v) is 7.16. The first-order valence-electron chi connectivity index (χ1n) is 11.9. The van der Waals surface area contributed by atoms with Gasteiger partial charge in [-0.2, -0.15) is 0 Å². The average molecular weight is 417 g/mol. The molecule has 0 amide bonds. The van der Waals surface area contributed by atoms with Gasteiger partial charge in [0.1, 0.15) is 11.6 Å². The normalized spacial score (nSPS) is 27.1. The lowest BCUT2D eigenvalue weighted by Gasteiger charge is -2.30. The van der Waals surface area contributed by atoms with Crippen LogP contribution in [-0.4, -0.2) is 0 Å². The molecule has 2 aliphatic rings. The van der Waals surface area contributed by atoms with Crippen LogP contribution in [-0.2, 0) is 6.42 Å². The highest BCUT2D eigenvalue weighted by Crippen LogP contribution is 2.36. The van der Waals surface area contributed by atoms with Gasteiger partial charge in [-0.25, -0.2) is 13.2 Å². The molecular formula is C27H35F3. The van der Waals surface area contributed by atoms with Crippen LogP contribution in [0.1, 0.15) is 88.7 Å². The second-order valence-corrected chi connectivity index (χ2v) is 9.31. The maximum Gasteiger partial charge on any atom is 0.144 e. The molecule has 0 atom stereocenters. The quantitative estimate of drug-likeness (QED) is 0.411. The zero-order valence-corrected chi connectivity index (χ0v) is 18.2. The standard InChI is InChI=1S/C27H35F3/c1-2-3-24-15-17-26(29)25(27(24)30)16-14-22-8-6-20(7-9-22)4-5-21-10-12-23(13-11-21)18-19-28/h15,17-23H,2-13H2,1H3. The van der Waals surface area contributed by atoms with Gasteiger partial charge in [-0.1, -0.05) is 50.2 Å². The van der Waals surface area contributed by atoms with Gasteiger partial charge in [0.05, 0.1) is 11.9 Å². The van der Waals surface area contributed by atoms with Crippen LogP contribution in [0.15, 0.2) is 24.5 Å². The van der Waals surface area contributed by atoms with Crippen LogP contribution in [0, 0.1) is 47.1 Å². The second-order valence-electron chi connectivity index (χ2n) is 9.31. The lowest BCUT2D eigenvalue weighted by atomic mass is 9.75. The van der Waals surface area contributed by atoms with Crippen LogP contribution in [0.5, 0.6) is 0 Å². The molecule has 0 unspecified atom stereocenters. The molecule has 0 aromatic heterocycles. The molecule has 0 N–H and O–H groups in total. The van der Waals surface area contributed by atoms with Gasteiger partial charge in [-0.15, -0.1) is 0 Å². The molecule has 1 aromatic rings. The van der Waals surface area contributed by atoms with Gasteiger partial charge in [0.25, 0.3) is 0 Å². The molecule has 0 aliphatic heterocycles. The van der Waals surface area contributed by atoms with E-state index in [2.05, 4.69) is 11.8 Å². The van der Waals surface area contributed by atoms with E-state index >= 15 is 0 Å². The summed E-state index contributed by atoms with van der Waals surface area (Å²) in [4.78, 5) is 0. The maximum absolute atomic E-state index is 14.5. The molecule has 0 nitrogen and oxygen atoms in total. The molecule has 2 aliphatic carbocycles. The Morgan fingerprint density at radius 3 is 2.17 bits per heavy atom. The zero-order chi connectivity index (χ0) is 21.3. The smallest absolute Gasteiger partial charge is 0.144 e. The highest BCUT2D eigenvalue weighted by atomic mass is 19.1. The minimum absolute atomic E-state index is 0.0544. The fraction of sp³-hybridized carbons (Fsp3) is 0.630. The monoisotopic (exact) mass is 416 g/mol. The highest BCUT2D eigenvalue weighted by Gasteiger charge is 2.24. The van der Waals surface area contributed by atoms with Gasteiger partial charge in [-0.05, 0) is 87.2 Å². The summed E-state index contributed by atoms with van der Waals surface area (Å²) >= 11 is 0. The molecule has 0 bridgehead atoms. The third-order valence-electron chi connectivity index (χ3n) is 7.16. The fourth-order valence-electron chi connectivity index (χ4n) is 5.19. The Morgan fingerprint density at radius 2 is 1.57 bits per heavy atom. The number of aryl methyl sites for hydroxylation is 1. The van der Waals surface area contributed by atoms with Gasteiger partial charge in [-0.3, -0.25) is 0 Å². The molecule has 0 spiro atoms. The number of rotatable bonds is 6. The van der Waals surface area contributed by atoms with Crippen LogP contribution in [0.25, 0.3) is 0 Å². The lowest BCUT2D eigenvalue weighted by Crippen LogP contribution is -2.17. The number of benzene rings is 1. The van der Waals surface area contributed by atoms with E-state index in [-0.39, 0.29) is 11.5 Å². The van der Waals surface area contributed by atoms with E-state index < -0.39 is 11.6 Å². The Balaban J connectivity index is 1.44. The van der Waals surface area contributed by atoms with Crippen LogP contribution >= 0.6 is 0 Å². The van der Waals surface area contributed by atoms with E-state index in [9.17, 15) is 13.2 Å². The van der Waals surface area contributed by atoms with E-state index in [0.717, 1.165) is 43.9 Å². The van der Waals surface area contributed by atoms with Gasteiger partial charge in [0, 0.05) is 5.92 Å². The second kappa shape index (κ2) is 11.6. The van der Waals surface area contributed by atoms with E-state index in [1.807, 2.05) is 6.92 Å². The largest absolute Gasteiger partial charge is 0.216 e. The van der Waals surface area contributed by atoms with Crippen molar-refractivity contribution in [1.29, 1.82) is 0 Å². The third kappa shape index (κ3) is 6.40. The first kappa shape index (κ1) is 23.0. The average Bonchev–Trinajstić information content (AvgIpc) is 2.76. The summed E-state index contributed by atoms with van der Waals surface area (Å²) in [6.45, 7) is 1.99. The topological polar surface area (TPSA) is 0 Å². The number of allylic oxidation sites excluding steroid dienone is 1. The number of halogens is 3. The summed E-state index contributed by atoms with van der Waals surface area (Å²) in [7, 11) is 0. The van der Waals surface area contributed by atoms with E-state index in [0.29, 0.717) is 24.2 Å². The summed E-state index contributed by atoms with van der Waals surface area (Å²) < 4.78 is 40.9. The number of hydrogen-bond acceptors (Lipinski definition) is 0. The molecule has 3 rings (SSSR count). The summed E-state index contributed by atoms with van der Waals surface area (Å²) in [5, 5.41) is 0. The molecule has 164 valence electrons. The van der Waals surface area contributed by atoms with E-state index in [4.69, 9.17) is 0 Å². The van der Waals surface area contributed by atoms with Crippen molar-refractivity contribution < 1.29 is 13.2 Å². The first-order valence-corrected chi connectivity index (χ1v) is 11.9. The van der Waals surface area contributed by atoms with Gasteiger partial charge in [0.2, 0.25) is 0 Å². The van der Waals surface area contributed by atoms with Crippen molar-refractivity contribution in [3.8, 4) is 11.8 Å². The predicted molar refractivity (Wildman–Crippen MR) is 118 cm³/mol. The summed E-state index contributed by atoms with van der Waals surface area (Å²) in [5.74, 6) is 7.21. The van der Waals surface area contributed by atoms with Gasteiger partial charge < -0.3 is 0 Å². The SMILES string of the molecule is CCCc1ccc(F)c(C#CC2CCC(CCC3CCC(C=CF)CC3)CC2)c1F. The fourth-order valence-corrected chi connectivity index (χ4v) is 5.19.